The van der Waals surface area contributed by atoms with Gasteiger partial charge in [-0.2, -0.15) is 9.61 Å². The van der Waals surface area contributed by atoms with Crippen molar-refractivity contribution in [1.82, 2.24) is 19.4 Å². The summed E-state index contributed by atoms with van der Waals surface area (Å²) in [4.78, 5) is 47.8. The quantitative estimate of drug-likeness (QED) is 0.738. The Labute approximate surface area is 148 Å². The molecule has 0 unspecified atom stereocenters. The first-order valence-corrected chi connectivity index (χ1v) is 7.89. The van der Waals surface area contributed by atoms with Crippen LogP contribution in [0.1, 0.15) is 50.7 Å². The van der Waals surface area contributed by atoms with Gasteiger partial charge in [0, 0.05) is 5.41 Å². The monoisotopic (exact) mass is 363 g/mol. The summed E-state index contributed by atoms with van der Waals surface area (Å²) in [6.45, 7) is 7.34. The summed E-state index contributed by atoms with van der Waals surface area (Å²) in [7, 11) is 0. The van der Waals surface area contributed by atoms with Crippen LogP contribution in [0.25, 0.3) is 5.65 Å². The molecule has 10 nitrogen and oxygen atoms in total. The molecule has 140 valence electrons. The van der Waals surface area contributed by atoms with Crippen molar-refractivity contribution in [2.24, 2.45) is 0 Å². The number of ether oxygens (including phenoxy) is 1. The van der Waals surface area contributed by atoms with Gasteiger partial charge in [0.05, 0.1) is 0 Å². The minimum Gasteiger partial charge on any atom is -0.454 e. The maximum Gasteiger partial charge on any atom is 0.346 e. The van der Waals surface area contributed by atoms with Gasteiger partial charge in [-0.3, -0.25) is 14.4 Å². The number of nitrogens with zero attached hydrogens (tertiary/aromatic N) is 4. The van der Waals surface area contributed by atoms with E-state index in [0.29, 0.717) is 0 Å². The van der Waals surface area contributed by atoms with E-state index in [1.165, 1.54) is 18.5 Å². The number of anilines is 1. The molecule has 0 spiro atoms. The van der Waals surface area contributed by atoms with Gasteiger partial charge in [-0.25, -0.2) is 9.48 Å². The normalized spacial score (nSPS) is 11.6. The van der Waals surface area contributed by atoms with Crippen LogP contribution in [0.3, 0.4) is 0 Å². The van der Waals surface area contributed by atoms with Crippen molar-refractivity contribution in [3.63, 3.8) is 0 Å². The molecule has 0 fully saturated rings. The van der Waals surface area contributed by atoms with Crippen LogP contribution in [0.4, 0.5) is 5.82 Å². The fourth-order valence-corrected chi connectivity index (χ4v) is 2.34. The molecule has 2 aromatic rings. The van der Waals surface area contributed by atoms with Gasteiger partial charge in [0.15, 0.2) is 23.0 Å². The number of carbonyl (C=O) groups is 3. The van der Waals surface area contributed by atoms with Crippen LogP contribution in [0, 0.1) is 0 Å². The molecule has 0 aliphatic rings. The zero-order chi connectivity index (χ0) is 19.8. The van der Waals surface area contributed by atoms with Crippen molar-refractivity contribution < 1.29 is 19.1 Å². The van der Waals surface area contributed by atoms with E-state index in [-0.39, 0.29) is 40.8 Å². The van der Waals surface area contributed by atoms with E-state index in [4.69, 9.17) is 10.5 Å². The van der Waals surface area contributed by atoms with Crippen LogP contribution in [0.5, 0.6) is 0 Å². The lowest BCUT2D eigenvalue weighted by molar-refractivity contribution is -0.120. The Morgan fingerprint density at radius 3 is 2.23 bits per heavy atom. The largest absolute Gasteiger partial charge is 0.454 e. The number of hydrogen-bond acceptors (Lipinski definition) is 8. The molecule has 2 N–H and O–H groups in total. The number of ketones is 2. The Morgan fingerprint density at radius 2 is 1.73 bits per heavy atom. The first-order valence-electron chi connectivity index (χ1n) is 7.89. The van der Waals surface area contributed by atoms with Crippen LogP contribution in [0.15, 0.2) is 4.79 Å². The van der Waals surface area contributed by atoms with Gasteiger partial charge in [-0.05, 0) is 13.8 Å². The highest BCUT2D eigenvalue weighted by Gasteiger charge is 2.29. The lowest BCUT2D eigenvalue weighted by atomic mass is 9.93. The van der Waals surface area contributed by atoms with Gasteiger partial charge >= 0.3 is 5.97 Å². The van der Waals surface area contributed by atoms with Gasteiger partial charge in [0.1, 0.15) is 24.4 Å². The molecule has 0 atom stereocenters. The molecule has 0 amide bonds. The minimum atomic E-state index is -0.922. The summed E-state index contributed by atoms with van der Waals surface area (Å²) in [5.74, 6) is -1.77. The first-order chi connectivity index (χ1) is 11.9. The number of aromatic nitrogens is 4. The third kappa shape index (κ3) is 3.63. The van der Waals surface area contributed by atoms with Gasteiger partial charge in [-0.15, -0.1) is 5.10 Å². The summed E-state index contributed by atoms with van der Waals surface area (Å²) in [5.41, 5.74) is 4.53. The van der Waals surface area contributed by atoms with E-state index in [0.717, 1.165) is 4.52 Å². The van der Waals surface area contributed by atoms with Crippen molar-refractivity contribution >= 4 is 29.0 Å². The number of carbonyl (C=O) groups excluding carboxylic acids is 3. The molecule has 10 heteroatoms. The summed E-state index contributed by atoms with van der Waals surface area (Å²) < 4.78 is 7.03. The Hall–Kier alpha value is -3.04. The van der Waals surface area contributed by atoms with Crippen molar-refractivity contribution in [2.45, 2.75) is 46.6 Å². The lowest BCUT2D eigenvalue weighted by Gasteiger charge is -2.18. The molecule has 0 radical (unpaired) electrons. The van der Waals surface area contributed by atoms with Crippen molar-refractivity contribution in [2.75, 3.05) is 12.3 Å². The number of fused-ring (bicyclic) bond motifs is 1. The molecular weight excluding hydrogens is 342 g/mol. The third-order valence-corrected chi connectivity index (χ3v) is 3.44. The van der Waals surface area contributed by atoms with Gasteiger partial charge < -0.3 is 10.5 Å². The number of nitrogen functional groups attached to an aromatic ring is 1. The minimum absolute atomic E-state index is 0.0516. The standard InChI is InChI=1S/C16H21N5O5/c1-8(22)6-20-13-10(15(25)26-7-9(2)23)12(17)19-21(13)14(24)11(18-20)16(3,4)5/h6-7H2,1-5H3,(H2,17,19). The Bertz CT molecular complexity index is 964. The molecule has 2 heterocycles. The van der Waals surface area contributed by atoms with Gasteiger partial charge in [0.2, 0.25) is 0 Å². The maximum atomic E-state index is 12.7. The highest BCUT2D eigenvalue weighted by Crippen LogP contribution is 2.21. The molecule has 0 saturated carbocycles. The predicted octanol–water partition coefficient (Wildman–Crippen LogP) is 0.106. The van der Waals surface area contributed by atoms with Gasteiger partial charge in [0.25, 0.3) is 5.56 Å². The molecule has 0 aliphatic carbocycles. The summed E-state index contributed by atoms with van der Waals surface area (Å²) in [5, 5.41) is 8.18. The molecular formula is C16H21N5O5. The highest BCUT2D eigenvalue weighted by molar-refractivity contribution is 6.01. The van der Waals surface area contributed by atoms with E-state index in [1.54, 1.807) is 20.8 Å². The molecule has 0 aliphatic heterocycles. The number of hydrogen-bond donors (Lipinski definition) is 1. The van der Waals surface area contributed by atoms with E-state index in [9.17, 15) is 19.2 Å². The third-order valence-electron chi connectivity index (χ3n) is 3.44. The van der Waals surface area contributed by atoms with Crippen LogP contribution in [0.2, 0.25) is 0 Å². The maximum absolute atomic E-state index is 12.7. The van der Waals surface area contributed by atoms with Crippen LogP contribution in [-0.4, -0.2) is 43.5 Å². The zero-order valence-electron chi connectivity index (χ0n) is 15.3. The van der Waals surface area contributed by atoms with Crippen molar-refractivity contribution in [3.8, 4) is 0 Å². The molecule has 0 saturated heterocycles. The van der Waals surface area contributed by atoms with Crippen molar-refractivity contribution in [3.05, 3.63) is 21.6 Å². The molecule has 0 aromatic carbocycles. The topological polar surface area (TPSA) is 139 Å². The van der Waals surface area contributed by atoms with Crippen LogP contribution >= 0.6 is 0 Å². The zero-order valence-corrected chi connectivity index (χ0v) is 15.3. The summed E-state index contributed by atoms with van der Waals surface area (Å²) >= 11 is 0. The highest BCUT2D eigenvalue weighted by atomic mass is 16.5. The average molecular weight is 363 g/mol. The number of nitrogens with two attached hydrogens (primary N) is 1. The van der Waals surface area contributed by atoms with E-state index >= 15 is 0 Å². The van der Waals surface area contributed by atoms with E-state index in [1.807, 2.05) is 0 Å². The smallest absolute Gasteiger partial charge is 0.346 e. The first kappa shape index (κ1) is 19.3. The molecule has 0 bridgehead atoms. The summed E-state index contributed by atoms with van der Waals surface area (Å²) in [6.07, 6.45) is 0. The Balaban J connectivity index is 2.80. The Kier molecular flexibility index (Phi) is 4.97. The number of Topliss-reactive ketones (excluding diaryl/α,β-unsaturated/α-hetero) is 2. The Morgan fingerprint density at radius 1 is 1.12 bits per heavy atom. The molecule has 2 rings (SSSR count). The average Bonchev–Trinajstić information content (AvgIpc) is 2.84. The number of rotatable bonds is 5. The fraction of sp³-hybridized carbons (Fsp3) is 0.500. The van der Waals surface area contributed by atoms with Gasteiger partial charge in [-0.1, -0.05) is 20.8 Å². The number of esters is 1. The van der Waals surface area contributed by atoms with Crippen LogP contribution in [-0.2, 0) is 26.3 Å². The second-order valence-electron chi connectivity index (χ2n) is 7.04. The van der Waals surface area contributed by atoms with E-state index in [2.05, 4.69) is 10.2 Å². The lowest BCUT2D eigenvalue weighted by Crippen LogP contribution is -2.34. The van der Waals surface area contributed by atoms with E-state index < -0.39 is 23.6 Å². The molecule has 2 aromatic heterocycles. The van der Waals surface area contributed by atoms with Crippen molar-refractivity contribution in [1.29, 1.82) is 0 Å². The predicted molar refractivity (Wildman–Crippen MR) is 92.0 cm³/mol. The second kappa shape index (κ2) is 6.70. The fourth-order valence-electron chi connectivity index (χ4n) is 2.34. The molecule has 26 heavy (non-hydrogen) atoms. The van der Waals surface area contributed by atoms with Crippen LogP contribution < -0.4 is 11.3 Å². The second-order valence-corrected chi connectivity index (χ2v) is 7.04. The SMILES string of the molecule is CC(=O)COC(=O)c1c(N)nn2c(=O)c(C(C)(C)C)nn(CC(C)=O)c12. The summed E-state index contributed by atoms with van der Waals surface area (Å²) in [6, 6.07) is 0.